The van der Waals surface area contributed by atoms with Crippen LogP contribution in [0.4, 0.5) is 5.69 Å². The van der Waals surface area contributed by atoms with E-state index in [1.165, 1.54) is 5.56 Å². The number of rotatable bonds is 3. The maximum atomic E-state index is 12.3. The normalized spacial score (nSPS) is 19.5. The fourth-order valence-corrected chi connectivity index (χ4v) is 2.62. The van der Waals surface area contributed by atoms with Crippen molar-refractivity contribution in [3.8, 4) is 0 Å². The number of benzene rings is 1. The van der Waals surface area contributed by atoms with Gasteiger partial charge in [-0.3, -0.25) is 10.1 Å². The van der Waals surface area contributed by atoms with Crippen molar-refractivity contribution in [2.45, 2.75) is 38.8 Å². The number of oxazole rings is 1. The van der Waals surface area contributed by atoms with Crippen LogP contribution in [0.1, 0.15) is 36.6 Å². The third-order valence-electron chi connectivity index (χ3n) is 3.75. The molecule has 2 atom stereocenters. The van der Waals surface area contributed by atoms with E-state index in [2.05, 4.69) is 21.7 Å². The number of nitrogens with one attached hydrogen (secondary N) is 2. The van der Waals surface area contributed by atoms with Crippen molar-refractivity contribution in [1.82, 2.24) is 10.3 Å². The third-order valence-corrected chi connectivity index (χ3v) is 3.75. The number of hydrogen-bond donors (Lipinski definition) is 2. The molecule has 0 saturated carbocycles. The monoisotopic (exact) mass is 285 g/mol. The third kappa shape index (κ3) is 2.97. The van der Waals surface area contributed by atoms with Crippen LogP contribution in [0.5, 0.6) is 0 Å². The lowest BCUT2D eigenvalue weighted by molar-refractivity contribution is -0.118. The van der Waals surface area contributed by atoms with Crippen LogP contribution in [-0.2, 0) is 11.2 Å². The molecule has 5 heteroatoms. The summed E-state index contributed by atoms with van der Waals surface area (Å²) < 4.78 is 5.51. The minimum absolute atomic E-state index is 0.00456. The van der Waals surface area contributed by atoms with E-state index in [1.807, 2.05) is 32.0 Å². The van der Waals surface area contributed by atoms with Crippen LogP contribution in [0.3, 0.4) is 0 Å². The van der Waals surface area contributed by atoms with Gasteiger partial charge in [-0.05, 0) is 38.3 Å². The summed E-state index contributed by atoms with van der Waals surface area (Å²) in [5.41, 5.74) is 2.08. The lowest BCUT2D eigenvalue weighted by Gasteiger charge is -2.18. The van der Waals surface area contributed by atoms with Gasteiger partial charge in [-0.1, -0.05) is 18.2 Å². The first-order valence-corrected chi connectivity index (χ1v) is 7.20. The molecule has 1 aliphatic heterocycles. The molecule has 1 amide bonds. The molecule has 2 heterocycles. The van der Waals surface area contributed by atoms with E-state index in [1.54, 1.807) is 6.20 Å². The van der Waals surface area contributed by atoms with Crippen molar-refractivity contribution in [2.24, 2.45) is 0 Å². The number of nitrogens with zero attached hydrogens (tertiary/aromatic N) is 1. The second-order valence-electron chi connectivity index (χ2n) is 5.44. The molecule has 2 N–H and O–H groups in total. The van der Waals surface area contributed by atoms with Gasteiger partial charge in [-0.25, -0.2) is 4.98 Å². The summed E-state index contributed by atoms with van der Waals surface area (Å²) >= 11 is 0. The Kier molecular flexibility index (Phi) is 3.75. The van der Waals surface area contributed by atoms with E-state index in [4.69, 9.17) is 4.42 Å². The highest BCUT2D eigenvalue weighted by molar-refractivity contribution is 5.96. The van der Waals surface area contributed by atoms with Crippen molar-refractivity contribution < 1.29 is 9.21 Å². The molecule has 1 aromatic carbocycles. The Morgan fingerprint density at radius 1 is 1.43 bits per heavy atom. The first-order valence-electron chi connectivity index (χ1n) is 7.20. The summed E-state index contributed by atoms with van der Waals surface area (Å²) in [6.07, 6.45) is 3.31. The minimum Gasteiger partial charge on any atom is -0.444 e. The van der Waals surface area contributed by atoms with Gasteiger partial charge in [0.05, 0.1) is 18.3 Å². The van der Waals surface area contributed by atoms with Crippen molar-refractivity contribution >= 4 is 11.6 Å². The van der Waals surface area contributed by atoms with Crippen LogP contribution in [0.2, 0.25) is 0 Å². The first-order chi connectivity index (χ1) is 10.1. The van der Waals surface area contributed by atoms with Crippen LogP contribution in [0.15, 0.2) is 34.9 Å². The molecule has 0 radical (unpaired) electrons. The highest BCUT2D eigenvalue weighted by Gasteiger charge is 2.26. The Hall–Kier alpha value is -2.14. The number of aryl methyl sites for hydroxylation is 2. The van der Waals surface area contributed by atoms with Gasteiger partial charge in [-0.15, -0.1) is 0 Å². The SMILES string of the molecule is Cc1cnc(C(C)NC2CCc3ccccc3NC2=O)o1. The quantitative estimate of drug-likeness (QED) is 0.909. The number of fused-ring (bicyclic) bond motifs is 1. The minimum atomic E-state index is -0.250. The maximum absolute atomic E-state index is 12.3. The number of hydrogen-bond acceptors (Lipinski definition) is 4. The molecule has 2 aromatic rings. The largest absolute Gasteiger partial charge is 0.444 e. The zero-order valence-electron chi connectivity index (χ0n) is 12.2. The van der Waals surface area contributed by atoms with Gasteiger partial charge in [0.25, 0.3) is 0 Å². The highest BCUT2D eigenvalue weighted by Crippen LogP contribution is 2.23. The molecule has 1 aromatic heterocycles. The van der Waals surface area contributed by atoms with Crippen LogP contribution in [0.25, 0.3) is 0 Å². The van der Waals surface area contributed by atoms with Gasteiger partial charge >= 0.3 is 0 Å². The second kappa shape index (κ2) is 5.69. The molecule has 0 fully saturated rings. The molecule has 0 aliphatic carbocycles. The van der Waals surface area contributed by atoms with E-state index in [0.717, 1.165) is 24.3 Å². The summed E-state index contributed by atoms with van der Waals surface area (Å²) in [6, 6.07) is 7.58. The standard InChI is InChI=1S/C16H19N3O2/c1-10-9-17-16(21-10)11(2)18-14-8-7-12-5-3-4-6-13(12)19-15(14)20/h3-6,9,11,14,18H,7-8H2,1-2H3,(H,19,20). The predicted octanol–water partition coefficient (Wildman–Crippen LogP) is 2.59. The fourth-order valence-electron chi connectivity index (χ4n) is 2.62. The topological polar surface area (TPSA) is 67.2 Å². The summed E-state index contributed by atoms with van der Waals surface area (Å²) in [4.78, 5) is 16.5. The maximum Gasteiger partial charge on any atom is 0.241 e. The molecule has 21 heavy (non-hydrogen) atoms. The number of carbonyl (C=O) groups excluding carboxylic acids is 1. The van der Waals surface area contributed by atoms with Crippen LogP contribution >= 0.6 is 0 Å². The van der Waals surface area contributed by atoms with Gasteiger partial charge < -0.3 is 9.73 Å². The lowest BCUT2D eigenvalue weighted by atomic mass is 10.1. The zero-order valence-corrected chi connectivity index (χ0v) is 12.2. The number of carbonyl (C=O) groups is 1. The Balaban J connectivity index is 1.71. The first kappa shape index (κ1) is 13.8. The predicted molar refractivity (Wildman–Crippen MR) is 80.0 cm³/mol. The molecular formula is C16H19N3O2. The Morgan fingerprint density at radius 3 is 3.00 bits per heavy atom. The molecule has 2 unspecified atom stereocenters. The highest BCUT2D eigenvalue weighted by atomic mass is 16.4. The molecule has 110 valence electrons. The lowest BCUT2D eigenvalue weighted by Crippen LogP contribution is -2.41. The van der Waals surface area contributed by atoms with Crippen LogP contribution in [0, 0.1) is 6.92 Å². The van der Waals surface area contributed by atoms with Gasteiger partial charge in [0, 0.05) is 5.69 Å². The number of aromatic nitrogens is 1. The van der Waals surface area contributed by atoms with Crippen molar-refractivity contribution in [3.63, 3.8) is 0 Å². The molecule has 3 rings (SSSR count). The Morgan fingerprint density at radius 2 is 2.24 bits per heavy atom. The van der Waals surface area contributed by atoms with Gasteiger partial charge in [0.15, 0.2) is 0 Å². The average Bonchev–Trinajstić information content (AvgIpc) is 2.84. The summed E-state index contributed by atoms with van der Waals surface area (Å²) in [5, 5.41) is 6.29. The average molecular weight is 285 g/mol. The molecule has 0 bridgehead atoms. The molecule has 1 aliphatic rings. The molecule has 0 spiro atoms. The van der Waals surface area contributed by atoms with E-state index in [0.29, 0.717) is 5.89 Å². The summed E-state index contributed by atoms with van der Waals surface area (Å²) in [6.45, 7) is 3.81. The number of anilines is 1. The molecule has 0 saturated heterocycles. The fraction of sp³-hybridized carbons (Fsp3) is 0.375. The Bertz CT molecular complexity index is 650. The van der Waals surface area contributed by atoms with E-state index < -0.39 is 0 Å². The van der Waals surface area contributed by atoms with Crippen LogP contribution < -0.4 is 10.6 Å². The zero-order chi connectivity index (χ0) is 14.8. The summed E-state index contributed by atoms with van der Waals surface area (Å²) in [5.74, 6) is 1.38. The second-order valence-corrected chi connectivity index (χ2v) is 5.44. The van der Waals surface area contributed by atoms with Crippen molar-refractivity contribution in [3.05, 3.63) is 47.7 Å². The van der Waals surface area contributed by atoms with Crippen molar-refractivity contribution in [2.75, 3.05) is 5.32 Å². The Labute approximate surface area is 123 Å². The van der Waals surface area contributed by atoms with Crippen LogP contribution in [-0.4, -0.2) is 16.9 Å². The summed E-state index contributed by atoms with van der Waals surface area (Å²) in [7, 11) is 0. The number of para-hydroxylation sites is 1. The smallest absolute Gasteiger partial charge is 0.241 e. The molecular weight excluding hydrogens is 266 g/mol. The van der Waals surface area contributed by atoms with Gasteiger partial charge in [0.2, 0.25) is 11.8 Å². The van der Waals surface area contributed by atoms with E-state index in [-0.39, 0.29) is 18.0 Å². The number of amides is 1. The van der Waals surface area contributed by atoms with E-state index >= 15 is 0 Å². The van der Waals surface area contributed by atoms with Gasteiger partial charge in [0.1, 0.15) is 5.76 Å². The van der Waals surface area contributed by atoms with Gasteiger partial charge in [-0.2, -0.15) is 0 Å². The van der Waals surface area contributed by atoms with Crippen molar-refractivity contribution in [1.29, 1.82) is 0 Å². The van der Waals surface area contributed by atoms with E-state index in [9.17, 15) is 4.79 Å². The molecule has 5 nitrogen and oxygen atoms in total.